The maximum atomic E-state index is 13.4. The number of ketones is 1. The summed E-state index contributed by atoms with van der Waals surface area (Å²) in [6.07, 6.45) is 8.93. The smallest absolute Gasteiger partial charge is 0.303 e. The van der Waals surface area contributed by atoms with Crippen molar-refractivity contribution in [3.05, 3.63) is 11.6 Å². The molecule has 0 bridgehead atoms. The molecule has 33 heavy (non-hydrogen) atoms. The second-order valence-corrected chi connectivity index (χ2v) is 11.0. The summed E-state index contributed by atoms with van der Waals surface area (Å²) < 4.78 is 16.2. The molecular formula is C26H36O7. The van der Waals surface area contributed by atoms with E-state index in [-0.39, 0.29) is 29.8 Å². The van der Waals surface area contributed by atoms with Crippen molar-refractivity contribution in [2.45, 2.75) is 90.8 Å². The molecule has 0 aliphatic heterocycles. The lowest BCUT2D eigenvalue weighted by Gasteiger charge is -2.59. The molecule has 7 nitrogen and oxygen atoms in total. The van der Waals surface area contributed by atoms with E-state index in [1.54, 1.807) is 0 Å². The molecule has 3 fully saturated rings. The number of fused-ring (bicyclic) bond motifs is 5. The Morgan fingerprint density at radius 1 is 1.03 bits per heavy atom. The molecular weight excluding hydrogens is 424 g/mol. The number of carbonyl (C=O) groups excluding carboxylic acids is 4. The standard InChI is InChI=1S/C26H36O7/c1-16(28)31-14-23(30)26(33-17(2)29)12-9-22-20-6-5-18-13-19(32-15-27)7-10-24(18,3)21(20)8-11-25(22,26)4/h5,15,19-22H,6-14H2,1-4H3/t19-,20+,21-,22-,24-,25-,26-/m0/s1. The van der Waals surface area contributed by atoms with Crippen LogP contribution in [0.25, 0.3) is 0 Å². The van der Waals surface area contributed by atoms with Crippen LogP contribution in [0.1, 0.15) is 79.1 Å². The van der Waals surface area contributed by atoms with Crippen molar-refractivity contribution in [1.29, 1.82) is 0 Å². The normalized spacial score (nSPS) is 41.5. The van der Waals surface area contributed by atoms with Crippen LogP contribution < -0.4 is 0 Å². The number of Topliss-reactive ketones (excluding diaryl/α,β-unsaturated/α-hetero) is 1. The Kier molecular flexibility index (Phi) is 6.21. The van der Waals surface area contributed by atoms with Gasteiger partial charge in [0.15, 0.2) is 12.2 Å². The maximum absolute atomic E-state index is 13.4. The second kappa shape index (κ2) is 8.55. The lowest BCUT2D eigenvalue weighted by molar-refractivity contribution is -0.190. The lowest BCUT2D eigenvalue weighted by atomic mass is 9.46. The van der Waals surface area contributed by atoms with Gasteiger partial charge in [-0.2, -0.15) is 0 Å². The van der Waals surface area contributed by atoms with Crippen LogP contribution in [-0.2, 0) is 33.4 Å². The number of allylic oxidation sites excluding steroid dienone is 1. The Morgan fingerprint density at radius 3 is 2.42 bits per heavy atom. The quantitative estimate of drug-likeness (QED) is 0.256. The van der Waals surface area contributed by atoms with Crippen molar-refractivity contribution in [3.63, 3.8) is 0 Å². The molecule has 4 rings (SSSR count). The van der Waals surface area contributed by atoms with E-state index in [2.05, 4.69) is 19.9 Å². The third-order valence-corrected chi connectivity index (χ3v) is 9.60. The summed E-state index contributed by atoms with van der Waals surface area (Å²) in [6, 6.07) is 0. The van der Waals surface area contributed by atoms with E-state index >= 15 is 0 Å². The summed E-state index contributed by atoms with van der Waals surface area (Å²) in [7, 11) is 0. The first kappa shape index (κ1) is 24.0. The van der Waals surface area contributed by atoms with Crippen molar-refractivity contribution >= 4 is 24.2 Å². The van der Waals surface area contributed by atoms with Crippen LogP contribution >= 0.6 is 0 Å². The van der Waals surface area contributed by atoms with E-state index in [9.17, 15) is 19.2 Å². The largest absolute Gasteiger partial charge is 0.464 e. The van der Waals surface area contributed by atoms with Crippen molar-refractivity contribution < 1.29 is 33.4 Å². The van der Waals surface area contributed by atoms with Crippen molar-refractivity contribution in [2.75, 3.05) is 6.61 Å². The highest BCUT2D eigenvalue weighted by atomic mass is 16.6. The van der Waals surface area contributed by atoms with Gasteiger partial charge in [0.2, 0.25) is 5.78 Å². The zero-order valence-corrected chi connectivity index (χ0v) is 20.2. The fraction of sp³-hybridized carbons (Fsp3) is 0.769. The van der Waals surface area contributed by atoms with Gasteiger partial charge in [0.25, 0.3) is 6.47 Å². The van der Waals surface area contributed by atoms with Crippen LogP contribution in [0, 0.1) is 28.6 Å². The van der Waals surface area contributed by atoms with E-state index in [0.29, 0.717) is 24.7 Å². The Morgan fingerprint density at radius 2 is 1.76 bits per heavy atom. The maximum Gasteiger partial charge on any atom is 0.303 e. The molecule has 0 radical (unpaired) electrons. The summed E-state index contributed by atoms with van der Waals surface area (Å²) in [5, 5.41) is 0. The molecule has 7 atom stereocenters. The summed E-state index contributed by atoms with van der Waals surface area (Å²) in [5.74, 6) is -0.153. The molecule has 182 valence electrons. The summed E-state index contributed by atoms with van der Waals surface area (Å²) in [5.41, 5.74) is -0.261. The third-order valence-electron chi connectivity index (χ3n) is 9.60. The van der Waals surface area contributed by atoms with Crippen molar-refractivity contribution in [2.24, 2.45) is 28.6 Å². The topological polar surface area (TPSA) is 96.0 Å². The molecule has 0 aromatic carbocycles. The average Bonchev–Trinajstić information content (AvgIpc) is 3.05. The Hall–Kier alpha value is -2.18. The summed E-state index contributed by atoms with van der Waals surface area (Å²) >= 11 is 0. The van der Waals surface area contributed by atoms with Crippen LogP contribution in [0.4, 0.5) is 0 Å². The molecule has 4 aliphatic carbocycles. The van der Waals surface area contributed by atoms with Gasteiger partial charge in [0.1, 0.15) is 6.10 Å². The third kappa shape index (κ3) is 3.71. The molecule has 0 amide bonds. The minimum absolute atomic E-state index is 0.0331. The molecule has 3 saturated carbocycles. The number of carbonyl (C=O) groups is 4. The van der Waals surface area contributed by atoms with Crippen LogP contribution in [0.2, 0.25) is 0 Å². The van der Waals surface area contributed by atoms with Crippen molar-refractivity contribution in [1.82, 2.24) is 0 Å². The first-order valence-electron chi connectivity index (χ1n) is 12.2. The fourth-order valence-corrected chi connectivity index (χ4v) is 8.03. The first-order chi connectivity index (χ1) is 15.6. The van der Waals surface area contributed by atoms with Crippen LogP contribution in [-0.4, -0.2) is 42.5 Å². The molecule has 0 saturated heterocycles. The predicted molar refractivity (Wildman–Crippen MR) is 119 cm³/mol. The Balaban J connectivity index is 1.63. The van der Waals surface area contributed by atoms with Gasteiger partial charge in [-0.05, 0) is 68.1 Å². The summed E-state index contributed by atoms with van der Waals surface area (Å²) in [4.78, 5) is 47.8. The van der Waals surface area contributed by atoms with E-state index < -0.39 is 23.0 Å². The predicted octanol–water partition coefficient (Wildman–Crippen LogP) is 3.92. The van der Waals surface area contributed by atoms with Gasteiger partial charge in [-0.1, -0.05) is 25.5 Å². The minimum atomic E-state index is -1.25. The zero-order chi connectivity index (χ0) is 24.0. The highest BCUT2D eigenvalue weighted by molar-refractivity contribution is 5.93. The highest BCUT2D eigenvalue weighted by Gasteiger charge is 2.68. The van der Waals surface area contributed by atoms with Gasteiger partial charge < -0.3 is 14.2 Å². The molecule has 0 aromatic rings. The number of ether oxygens (including phenoxy) is 3. The Bertz CT molecular complexity index is 878. The minimum Gasteiger partial charge on any atom is -0.464 e. The monoisotopic (exact) mass is 460 g/mol. The molecule has 4 aliphatic rings. The zero-order valence-electron chi connectivity index (χ0n) is 20.2. The lowest BCUT2D eigenvalue weighted by Crippen LogP contribution is -2.59. The van der Waals surface area contributed by atoms with Gasteiger partial charge >= 0.3 is 11.9 Å². The van der Waals surface area contributed by atoms with E-state index in [0.717, 1.165) is 44.9 Å². The van der Waals surface area contributed by atoms with E-state index in [4.69, 9.17) is 14.2 Å². The van der Waals surface area contributed by atoms with E-state index in [1.807, 2.05) is 0 Å². The molecule has 0 aromatic heterocycles. The van der Waals surface area contributed by atoms with Crippen molar-refractivity contribution in [3.8, 4) is 0 Å². The molecule has 0 N–H and O–H groups in total. The van der Waals surface area contributed by atoms with Gasteiger partial charge in [-0.15, -0.1) is 0 Å². The number of hydrogen-bond acceptors (Lipinski definition) is 7. The Labute approximate surface area is 195 Å². The number of esters is 2. The van der Waals surface area contributed by atoms with Gasteiger partial charge in [0.05, 0.1) is 0 Å². The highest BCUT2D eigenvalue weighted by Crippen LogP contribution is 2.68. The SMILES string of the molecule is CC(=O)OCC(=O)[C@@]1(OC(C)=O)CC[C@H]2[C@@H]3CC=C4C[C@@H](OC=O)CC[C@]4(C)[C@H]3CC[C@@]21C. The average molecular weight is 461 g/mol. The van der Waals surface area contributed by atoms with Gasteiger partial charge in [-0.3, -0.25) is 19.2 Å². The van der Waals surface area contributed by atoms with Gasteiger partial charge in [-0.25, -0.2) is 0 Å². The molecule has 0 unspecified atom stereocenters. The van der Waals surface area contributed by atoms with E-state index in [1.165, 1.54) is 19.4 Å². The fourth-order valence-electron chi connectivity index (χ4n) is 8.03. The van der Waals surface area contributed by atoms with Gasteiger partial charge in [0, 0.05) is 25.7 Å². The van der Waals surface area contributed by atoms with Crippen LogP contribution in [0.3, 0.4) is 0 Å². The molecule has 0 heterocycles. The second-order valence-electron chi connectivity index (χ2n) is 11.0. The molecule has 7 heteroatoms. The summed E-state index contributed by atoms with van der Waals surface area (Å²) in [6.45, 7) is 7.28. The molecule has 0 spiro atoms. The van der Waals surface area contributed by atoms with Crippen LogP contribution in [0.5, 0.6) is 0 Å². The van der Waals surface area contributed by atoms with Crippen LogP contribution in [0.15, 0.2) is 11.6 Å². The first-order valence-corrected chi connectivity index (χ1v) is 12.2. The number of hydrogen-bond donors (Lipinski definition) is 0. The number of rotatable bonds is 6.